The van der Waals surface area contributed by atoms with Gasteiger partial charge in [0.1, 0.15) is 0 Å². The minimum atomic E-state index is -0.0634. The Bertz CT molecular complexity index is 233. The smallest absolute Gasteiger partial charge is 0.0897 e. The summed E-state index contributed by atoms with van der Waals surface area (Å²) >= 11 is 1.59. The first kappa shape index (κ1) is 9.64. The Kier molecular flexibility index (Phi) is 3.65. The molecule has 1 aromatic rings. The predicted octanol–water partition coefficient (Wildman–Crippen LogP) is 0.595. The average Bonchev–Trinajstić information content (AvgIpc) is 2.47. The first-order valence-corrected chi connectivity index (χ1v) is 4.77. The lowest BCUT2D eigenvalue weighted by Crippen LogP contribution is -2.14. The lowest BCUT2D eigenvalue weighted by atomic mass is 10.1. The summed E-state index contributed by atoms with van der Waals surface area (Å²) in [6.45, 7) is 1.99. The van der Waals surface area contributed by atoms with Gasteiger partial charge in [-0.25, -0.2) is 4.98 Å². The van der Waals surface area contributed by atoms with E-state index in [4.69, 9.17) is 10.2 Å². The Hall–Kier alpha value is -0.450. The molecular formula is C8H13NO2S. The van der Waals surface area contributed by atoms with Crippen molar-refractivity contribution in [2.75, 3.05) is 13.2 Å². The molecule has 0 aliphatic rings. The zero-order valence-corrected chi connectivity index (χ0v) is 7.84. The van der Waals surface area contributed by atoms with Crippen LogP contribution in [0.1, 0.15) is 10.7 Å². The minimum Gasteiger partial charge on any atom is -0.396 e. The summed E-state index contributed by atoms with van der Waals surface area (Å²) in [6, 6.07) is 0. The number of hydrogen-bond donors (Lipinski definition) is 2. The van der Waals surface area contributed by atoms with E-state index in [2.05, 4.69) is 4.98 Å². The molecule has 0 aliphatic heterocycles. The zero-order valence-electron chi connectivity index (χ0n) is 7.03. The fraction of sp³-hybridized carbons (Fsp3) is 0.625. The van der Waals surface area contributed by atoms with Crippen LogP contribution in [0.4, 0.5) is 0 Å². The molecule has 1 heterocycles. The van der Waals surface area contributed by atoms with Gasteiger partial charge in [-0.15, -0.1) is 11.3 Å². The number of aliphatic hydroxyl groups is 2. The molecule has 0 aliphatic carbocycles. The molecule has 0 fully saturated rings. The average molecular weight is 187 g/mol. The van der Waals surface area contributed by atoms with E-state index >= 15 is 0 Å². The molecule has 0 unspecified atom stereocenters. The van der Waals surface area contributed by atoms with Gasteiger partial charge in [-0.2, -0.15) is 0 Å². The standard InChI is InChI=1S/C8H13NO2S/c1-6-9-8(5-12-6)2-7(3-10)4-11/h5,7,10-11H,2-4H2,1H3. The van der Waals surface area contributed by atoms with E-state index in [1.807, 2.05) is 12.3 Å². The van der Waals surface area contributed by atoms with Crippen LogP contribution in [0.2, 0.25) is 0 Å². The van der Waals surface area contributed by atoms with Crippen molar-refractivity contribution in [3.8, 4) is 0 Å². The van der Waals surface area contributed by atoms with Crippen molar-refractivity contribution < 1.29 is 10.2 Å². The van der Waals surface area contributed by atoms with Crippen LogP contribution >= 0.6 is 11.3 Å². The second kappa shape index (κ2) is 4.54. The normalized spacial score (nSPS) is 11.0. The van der Waals surface area contributed by atoms with E-state index in [0.29, 0.717) is 6.42 Å². The monoisotopic (exact) mass is 187 g/mol. The van der Waals surface area contributed by atoms with Gasteiger partial charge in [0.2, 0.25) is 0 Å². The molecule has 0 amide bonds. The second-order valence-corrected chi connectivity index (χ2v) is 3.86. The number of rotatable bonds is 4. The first-order valence-electron chi connectivity index (χ1n) is 3.89. The Labute approximate surface area is 75.7 Å². The molecule has 12 heavy (non-hydrogen) atoms. The Morgan fingerprint density at radius 1 is 1.50 bits per heavy atom. The highest BCUT2D eigenvalue weighted by Gasteiger charge is 2.08. The zero-order chi connectivity index (χ0) is 8.97. The highest BCUT2D eigenvalue weighted by Crippen LogP contribution is 2.12. The molecule has 3 nitrogen and oxygen atoms in total. The van der Waals surface area contributed by atoms with Crippen LogP contribution in [-0.2, 0) is 6.42 Å². The second-order valence-electron chi connectivity index (χ2n) is 2.79. The minimum absolute atomic E-state index is 0.0209. The maximum absolute atomic E-state index is 8.81. The van der Waals surface area contributed by atoms with Gasteiger partial charge in [0.15, 0.2) is 0 Å². The van der Waals surface area contributed by atoms with Gasteiger partial charge in [0.05, 0.1) is 10.7 Å². The largest absolute Gasteiger partial charge is 0.396 e. The van der Waals surface area contributed by atoms with Gasteiger partial charge >= 0.3 is 0 Å². The molecule has 0 radical (unpaired) electrons. The van der Waals surface area contributed by atoms with Crippen LogP contribution in [0.15, 0.2) is 5.38 Å². The number of thiazole rings is 1. The topological polar surface area (TPSA) is 53.4 Å². The third-order valence-corrected chi connectivity index (χ3v) is 2.50. The summed E-state index contributed by atoms with van der Waals surface area (Å²) < 4.78 is 0. The van der Waals surface area contributed by atoms with Crippen LogP contribution in [-0.4, -0.2) is 28.4 Å². The fourth-order valence-corrected chi connectivity index (χ4v) is 1.61. The molecule has 1 rings (SSSR count). The Morgan fingerprint density at radius 3 is 2.58 bits per heavy atom. The molecule has 0 atom stereocenters. The number of hydrogen-bond acceptors (Lipinski definition) is 4. The molecule has 1 aromatic heterocycles. The van der Waals surface area contributed by atoms with E-state index in [-0.39, 0.29) is 19.1 Å². The molecule has 0 spiro atoms. The van der Waals surface area contributed by atoms with Crippen LogP contribution in [0.5, 0.6) is 0 Å². The molecular weight excluding hydrogens is 174 g/mol. The summed E-state index contributed by atoms with van der Waals surface area (Å²) in [7, 11) is 0. The van der Waals surface area contributed by atoms with Crippen molar-refractivity contribution in [2.24, 2.45) is 5.92 Å². The molecule has 0 aromatic carbocycles. The van der Waals surface area contributed by atoms with E-state index in [1.165, 1.54) is 0 Å². The van der Waals surface area contributed by atoms with E-state index in [9.17, 15) is 0 Å². The molecule has 0 saturated heterocycles. The number of aromatic nitrogens is 1. The van der Waals surface area contributed by atoms with Crippen LogP contribution < -0.4 is 0 Å². The summed E-state index contributed by atoms with van der Waals surface area (Å²) in [5.41, 5.74) is 0.964. The van der Waals surface area contributed by atoms with Gasteiger partial charge in [-0.05, 0) is 13.3 Å². The maximum atomic E-state index is 8.81. The van der Waals surface area contributed by atoms with Gasteiger partial charge in [0.25, 0.3) is 0 Å². The van der Waals surface area contributed by atoms with Crippen molar-refractivity contribution in [1.29, 1.82) is 0 Å². The van der Waals surface area contributed by atoms with E-state index in [0.717, 1.165) is 10.7 Å². The third kappa shape index (κ3) is 2.55. The van der Waals surface area contributed by atoms with Crippen LogP contribution in [0, 0.1) is 12.8 Å². The molecule has 2 N–H and O–H groups in total. The summed E-state index contributed by atoms with van der Waals surface area (Å²) in [5, 5.41) is 20.6. The van der Waals surface area contributed by atoms with Crippen molar-refractivity contribution >= 4 is 11.3 Å². The maximum Gasteiger partial charge on any atom is 0.0897 e. The quantitative estimate of drug-likeness (QED) is 0.725. The highest BCUT2D eigenvalue weighted by atomic mass is 32.1. The lowest BCUT2D eigenvalue weighted by Gasteiger charge is -2.07. The Morgan fingerprint density at radius 2 is 2.17 bits per heavy atom. The van der Waals surface area contributed by atoms with E-state index < -0.39 is 0 Å². The van der Waals surface area contributed by atoms with Gasteiger partial charge < -0.3 is 10.2 Å². The SMILES string of the molecule is Cc1nc(CC(CO)CO)cs1. The van der Waals surface area contributed by atoms with Gasteiger partial charge in [-0.3, -0.25) is 0 Å². The van der Waals surface area contributed by atoms with Crippen molar-refractivity contribution in [3.05, 3.63) is 16.1 Å². The van der Waals surface area contributed by atoms with Crippen molar-refractivity contribution in [2.45, 2.75) is 13.3 Å². The summed E-state index contributed by atoms with van der Waals surface area (Å²) in [5.74, 6) is -0.0634. The molecule has 4 heteroatoms. The van der Waals surface area contributed by atoms with Crippen LogP contribution in [0.3, 0.4) is 0 Å². The van der Waals surface area contributed by atoms with Gasteiger partial charge in [0, 0.05) is 24.5 Å². The van der Waals surface area contributed by atoms with Crippen LogP contribution in [0.25, 0.3) is 0 Å². The first-order chi connectivity index (χ1) is 5.76. The number of nitrogens with zero attached hydrogens (tertiary/aromatic N) is 1. The number of aryl methyl sites for hydroxylation is 1. The lowest BCUT2D eigenvalue weighted by molar-refractivity contribution is 0.149. The number of aliphatic hydroxyl groups excluding tert-OH is 2. The van der Waals surface area contributed by atoms with Crippen molar-refractivity contribution in [3.63, 3.8) is 0 Å². The molecule has 0 bridgehead atoms. The molecule has 0 saturated carbocycles. The van der Waals surface area contributed by atoms with Crippen molar-refractivity contribution in [1.82, 2.24) is 4.98 Å². The van der Waals surface area contributed by atoms with Gasteiger partial charge in [-0.1, -0.05) is 0 Å². The summed E-state index contributed by atoms with van der Waals surface area (Å²) in [4.78, 5) is 4.24. The highest BCUT2D eigenvalue weighted by molar-refractivity contribution is 7.09. The van der Waals surface area contributed by atoms with E-state index in [1.54, 1.807) is 11.3 Å². The molecule has 68 valence electrons. The predicted molar refractivity (Wildman–Crippen MR) is 48.2 cm³/mol. The Balaban J connectivity index is 2.50. The third-order valence-electron chi connectivity index (χ3n) is 1.68. The summed E-state index contributed by atoms with van der Waals surface area (Å²) in [6.07, 6.45) is 0.664. The fourth-order valence-electron chi connectivity index (χ4n) is 0.985.